The number of hydrogen-bond donors (Lipinski definition) is 1. The van der Waals surface area contributed by atoms with Crippen LogP contribution in [0, 0.1) is 11.3 Å². The summed E-state index contributed by atoms with van der Waals surface area (Å²) in [7, 11) is 2.23. The van der Waals surface area contributed by atoms with Crippen LogP contribution in [0.2, 0.25) is 0 Å². The summed E-state index contributed by atoms with van der Waals surface area (Å²) in [5, 5.41) is 9.08. The molecule has 0 heterocycles. The molecule has 3 heteroatoms. The molecule has 1 rings (SSSR count). The maximum absolute atomic E-state index is 11.0. The summed E-state index contributed by atoms with van der Waals surface area (Å²) in [6.07, 6.45) is 8.33. The van der Waals surface area contributed by atoms with Gasteiger partial charge in [-0.2, -0.15) is 0 Å². The predicted octanol–water partition coefficient (Wildman–Crippen LogP) is 3.78. The SMILES string of the molecule is CC1CCCCC1N(C)CCCCC(C)(C)C(=O)O. The Labute approximate surface area is 118 Å². The van der Waals surface area contributed by atoms with Crippen LogP contribution < -0.4 is 0 Å². The van der Waals surface area contributed by atoms with Crippen LogP contribution in [0.1, 0.15) is 65.7 Å². The van der Waals surface area contributed by atoms with Crippen molar-refractivity contribution in [1.29, 1.82) is 0 Å². The van der Waals surface area contributed by atoms with E-state index in [1.54, 1.807) is 0 Å². The summed E-state index contributed by atoms with van der Waals surface area (Å²) in [6.45, 7) is 7.11. The topological polar surface area (TPSA) is 40.5 Å². The number of carboxylic acids is 1. The molecule has 3 nitrogen and oxygen atoms in total. The lowest BCUT2D eigenvalue weighted by atomic mass is 9.84. The van der Waals surface area contributed by atoms with Gasteiger partial charge in [-0.3, -0.25) is 4.79 Å². The summed E-state index contributed by atoms with van der Waals surface area (Å²) < 4.78 is 0. The molecule has 0 aromatic rings. The molecule has 2 unspecified atom stereocenters. The van der Waals surface area contributed by atoms with Gasteiger partial charge in [0, 0.05) is 6.04 Å². The molecular formula is C16H31NO2. The van der Waals surface area contributed by atoms with E-state index in [0.717, 1.165) is 37.8 Å². The van der Waals surface area contributed by atoms with E-state index >= 15 is 0 Å². The van der Waals surface area contributed by atoms with E-state index < -0.39 is 11.4 Å². The van der Waals surface area contributed by atoms with Crippen molar-refractivity contribution in [3.05, 3.63) is 0 Å². The van der Waals surface area contributed by atoms with Gasteiger partial charge >= 0.3 is 5.97 Å². The maximum atomic E-state index is 11.0. The van der Waals surface area contributed by atoms with Gasteiger partial charge in [-0.1, -0.05) is 26.2 Å². The van der Waals surface area contributed by atoms with Crippen LogP contribution in [0.3, 0.4) is 0 Å². The van der Waals surface area contributed by atoms with Gasteiger partial charge in [-0.05, 0) is 59.0 Å². The second kappa shape index (κ2) is 7.28. The van der Waals surface area contributed by atoms with E-state index in [9.17, 15) is 4.79 Å². The molecular weight excluding hydrogens is 238 g/mol. The Bertz CT molecular complexity index is 288. The van der Waals surface area contributed by atoms with Crippen LogP contribution in [0.15, 0.2) is 0 Å². The summed E-state index contributed by atoms with van der Waals surface area (Å²) in [4.78, 5) is 13.5. The van der Waals surface area contributed by atoms with Gasteiger partial charge in [-0.15, -0.1) is 0 Å². The standard InChI is InChI=1S/C16H31NO2/c1-13-9-5-6-10-14(13)17(4)12-8-7-11-16(2,3)15(18)19/h13-14H,5-12H2,1-4H3,(H,18,19). The molecule has 0 bridgehead atoms. The monoisotopic (exact) mass is 269 g/mol. The van der Waals surface area contributed by atoms with Gasteiger partial charge in [-0.25, -0.2) is 0 Å². The molecule has 0 amide bonds. The van der Waals surface area contributed by atoms with Crippen LogP contribution in [-0.4, -0.2) is 35.6 Å². The van der Waals surface area contributed by atoms with E-state index in [2.05, 4.69) is 18.9 Å². The summed E-state index contributed by atoms with van der Waals surface area (Å²) in [5.41, 5.74) is -0.573. The van der Waals surface area contributed by atoms with Crippen molar-refractivity contribution in [2.24, 2.45) is 11.3 Å². The molecule has 2 atom stereocenters. The molecule has 19 heavy (non-hydrogen) atoms. The van der Waals surface area contributed by atoms with Crippen molar-refractivity contribution < 1.29 is 9.90 Å². The van der Waals surface area contributed by atoms with Crippen LogP contribution in [0.4, 0.5) is 0 Å². The van der Waals surface area contributed by atoms with Crippen LogP contribution in [0.5, 0.6) is 0 Å². The summed E-state index contributed by atoms with van der Waals surface area (Å²) >= 11 is 0. The quantitative estimate of drug-likeness (QED) is 0.715. The first-order chi connectivity index (χ1) is 8.84. The normalized spacial score (nSPS) is 24.7. The highest BCUT2D eigenvalue weighted by Gasteiger charge is 2.27. The van der Waals surface area contributed by atoms with Gasteiger partial charge in [0.05, 0.1) is 5.41 Å². The second-order valence-electron chi connectivity index (χ2n) is 6.96. The molecule has 0 spiro atoms. The van der Waals surface area contributed by atoms with Crippen molar-refractivity contribution in [3.63, 3.8) is 0 Å². The van der Waals surface area contributed by atoms with E-state index in [4.69, 9.17) is 5.11 Å². The van der Waals surface area contributed by atoms with Gasteiger partial charge in [0.2, 0.25) is 0 Å². The van der Waals surface area contributed by atoms with E-state index in [0.29, 0.717) is 0 Å². The smallest absolute Gasteiger partial charge is 0.309 e. The second-order valence-corrected chi connectivity index (χ2v) is 6.96. The molecule has 0 radical (unpaired) electrons. The minimum Gasteiger partial charge on any atom is -0.481 e. The number of carboxylic acid groups (broad SMARTS) is 1. The zero-order valence-corrected chi connectivity index (χ0v) is 13.1. The third-order valence-electron chi connectivity index (χ3n) is 4.77. The number of hydrogen-bond acceptors (Lipinski definition) is 2. The van der Waals surface area contributed by atoms with E-state index in [1.807, 2.05) is 13.8 Å². The molecule has 1 saturated carbocycles. The molecule has 0 saturated heterocycles. The first kappa shape index (κ1) is 16.5. The maximum Gasteiger partial charge on any atom is 0.309 e. The number of unbranched alkanes of at least 4 members (excludes halogenated alkanes) is 1. The summed E-state index contributed by atoms with van der Waals surface area (Å²) in [6, 6.07) is 0.737. The third kappa shape index (κ3) is 5.13. The van der Waals surface area contributed by atoms with Gasteiger partial charge in [0.1, 0.15) is 0 Å². The Balaban J connectivity index is 2.23. The molecule has 0 aliphatic heterocycles. The first-order valence-corrected chi connectivity index (χ1v) is 7.78. The van der Waals surface area contributed by atoms with Crippen molar-refractivity contribution >= 4 is 5.97 Å². The van der Waals surface area contributed by atoms with Gasteiger partial charge < -0.3 is 10.0 Å². The van der Waals surface area contributed by atoms with Crippen LogP contribution in [0.25, 0.3) is 0 Å². The van der Waals surface area contributed by atoms with Crippen LogP contribution >= 0.6 is 0 Å². The highest BCUT2D eigenvalue weighted by atomic mass is 16.4. The largest absolute Gasteiger partial charge is 0.481 e. The Kier molecular flexibility index (Phi) is 6.31. The first-order valence-electron chi connectivity index (χ1n) is 7.78. The van der Waals surface area contributed by atoms with Crippen molar-refractivity contribution in [2.45, 2.75) is 71.8 Å². The van der Waals surface area contributed by atoms with E-state index in [-0.39, 0.29) is 0 Å². The number of rotatable bonds is 7. The fourth-order valence-corrected chi connectivity index (χ4v) is 3.15. The Morgan fingerprint density at radius 3 is 2.47 bits per heavy atom. The highest BCUT2D eigenvalue weighted by molar-refractivity contribution is 5.73. The Morgan fingerprint density at radius 2 is 1.89 bits per heavy atom. The van der Waals surface area contributed by atoms with Crippen molar-refractivity contribution in [3.8, 4) is 0 Å². The Hall–Kier alpha value is -0.570. The zero-order chi connectivity index (χ0) is 14.5. The van der Waals surface area contributed by atoms with Gasteiger partial charge in [0.25, 0.3) is 0 Å². The molecule has 1 aliphatic rings. The van der Waals surface area contributed by atoms with E-state index in [1.165, 1.54) is 25.7 Å². The lowest BCUT2D eigenvalue weighted by Crippen LogP contribution is -2.39. The minimum absolute atomic E-state index is 0.573. The van der Waals surface area contributed by atoms with Crippen LogP contribution in [-0.2, 0) is 4.79 Å². The molecule has 112 valence electrons. The van der Waals surface area contributed by atoms with Gasteiger partial charge in [0.15, 0.2) is 0 Å². The molecule has 1 N–H and O–H groups in total. The minimum atomic E-state index is -0.679. The Morgan fingerprint density at radius 1 is 1.26 bits per heavy atom. The number of carbonyl (C=O) groups is 1. The predicted molar refractivity (Wildman–Crippen MR) is 79.3 cm³/mol. The molecule has 0 aromatic carbocycles. The third-order valence-corrected chi connectivity index (χ3v) is 4.77. The average Bonchev–Trinajstić information content (AvgIpc) is 2.34. The molecule has 1 fully saturated rings. The number of aliphatic carboxylic acids is 1. The summed E-state index contributed by atoms with van der Waals surface area (Å²) in [5.74, 6) is 0.135. The molecule has 0 aromatic heterocycles. The highest BCUT2D eigenvalue weighted by Crippen LogP contribution is 2.28. The number of nitrogens with zero attached hydrogens (tertiary/aromatic N) is 1. The lowest BCUT2D eigenvalue weighted by molar-refractivity contribution is -0.147. The fraction of sp³-hybridized carbons (Fsp3) is 0.938. The lowest BCUT2D eigenvalue weighted by Gasteiger charge is -2.36. The average molecular weight is 269 g/mol. The fourth-order valence-electron chi connectivity index (χ4n) is 3.15. The zero-order valence-electron chi connectivity index (χ0n) is 13.1. The van der Waals surface area contributed by atoms with Crippen molar-refractivity contribution in [1.82, 2.24) is 4.90 Å². The van der Waals surface area contributed by atoms with Crippen molar-refractivity contribution in [2.75, 3.05) is 13.6 Å². The molecule has 1 aliphatic carbocycles.